The molecule has 0 aliphatic carbocycles. The van der Waals surface area contributed by atoms with Gasteiger partial charge >= 0.3 is 5.97 Å². The Balaban J connectivity index is 2.54. The number of hydrogen-bond donors (Lipinski definition) is 2. The van der Waals surface area contributed by atoms with Crippen LogP contribution in [0.5, 0.6) is 5.75 Å². The van der Waals surface area contributed by atoms with E-state index in [-0.39, 0.29) is 16.9 Å². The summed E-state index contributed by atoms with van der Waals surface area (Å²) in [7, 11) is 3.52. The molecule has 0 bridgehead atoms. The number of anilines is 1. The number of carbonyl (C=O) groups is 2. The fourth-order valence-corrected chi connectivity index (χ4v) is 2.16. The van der Waals surface area contributed by atoms with Crippen LogP contribution in [-0.2, 0) is 0 Å². The highest BCUT2D eigenvalue weighted by Gasteiger charge is 2.23. The Morgan fingerprint density at radius 2 is 1.67 bits per heavy atom. The lowest BCUT2D eigenvalue weighted by atomic mass is 9.97. The number of phenols is 1. The lowest BCUT2D eigenvalue weighted by Gasteiger charge is -2.14. The number of aromatic carboxylic acids is 1. The number of ketones is 1. The molecule has 0 spiro atoms. The first kappa shape index (κ1) is 16.9. The van der Waals surface area contributed by atoms with Gasteiger partial charge in [-0.25, -0.2) is 4.79 Å². The summed E-state index contributed by atoms with van der Waals surface area (Å²) in [6.45, 7) is 0. The Kier molecular flexibility index (Phi) is 4.50. The average molecular weight is 330 g/mol. The predicted molar refractivity (Wildman–Crippen MR) is 85.9 cm³/mol. The fraction of sp³-hybridized carbons (Fsp3) is 0.125. The van der Waals surface area contributed by atoms with Gasteiger partial charge in [-0.2, -0.15) is 0 Å². The van der Waals surface area contributed by atoms with E-state index in [0.717, 1.165) is 18.2 Å². The van der Waals surface area contributed by atoms with Crippen molar-refractivity contribution in [2.75, 3.05) is 19.0 Å². The van der Waals surface area contributed by atoms with E-state index in [0.29, 0.717) is 5.69 Å². The molecule has 8 nitrogen and oxygen atoms in total. The van der Waals surface area contributed by atoms with Crippen LogP contribution in [0.25, 0.3) is 0 Å². The van der Waals surface area contributed by atoms with Gasteiger partial charge in [0.15, 0.2) is 5.78 Å². The zero-order valence-electron chi connectivity index (χ0n) is 12.9. The summed E-state index contributed by atoms with van der Waals surface area (Å²) in [5.74, 6) is -2.50. The van der Waals surface area contributed by atoms with Crippen molar-refractivity contribution in [3.05, 3.63) is 63.2 Å². The maximum atomic E-state index is 12.5. The zero-order valence-corrected chi connectivity index (χ0v) is 12.9. The van der Waals surface area contributed by atoms with Crippen molar-refractivity contribution in [3.8, 4) is 5.75 Å². The highest BCUT2D eigenvalue weighted by Crippen LogP contribution is 2.28. The van der Waals surface area contributed by atoms with Gasteiger partial charge in [0.1, 0.15) is 5.75 Å². The zero-order chi connectivity index (χ0) is 18.0. The molecule has 2 aromatic rings. The Hall–Kier alpha value is -3.42. The molecule has 0 fully saturated rings. The molecule has 2 aromatic carbocycles. The van der Waals surface area contributed by atoms with E-state index in [4.69, 9.17) is 0 Å². The Labute approximate surface area is 136 Å². The van der Waals surface area contributed by atoms with Crippen LogP contribution >= 0.6 is 0 Å². The molecule has 0 amide bonds. The molecule has 124 valence electrons. The largest absolute Gasteiger partial charge is 0.507 e. The number of carboxylic acids is 1. The van der Waals surface area contributed by atoms with E-state index >= 15 is 0 Å². The van der Waals surface area contributed by atoms with Gasteiger partial charge in [0.05, 0.1) is 16.1 Å². The Morgan fingerprint density at radius 1 is 1.04 bits per heavy atom. The molecule has 0 saturated heterocycles. The second kappa shape index (κ2) is 6.37. The maximum absolute atomic E-state index is 12.5. The summed E-state index contributed by atoms with van der Waals surface area (Å²) in [5, 5.41) is 30.0. The van der Waals surface area contributed by atoms with E-state index in [1.165, 1.54) is 12.1 Å². The summed E-state index contributed by atoms with van der Waals surface area (Å²) in [6, 6.07) is 7.28. The number of nitrogens with zero attached hydrogens (tertiary/aromatic N) is 2. The highest BCUT2D eigenvalue weighted by atomic mass is 16.6. The van der Waals surface area contributed by atoms with Crippen LogP contribution in [0.2, 0.25) is 0 Å². The number of nitro groups is 1. The third-order valence-electron chi connectivity index (χ3n) is 3.43. The highest BCUT2D eigenvalue weighted by molar-refractivity contribution is 6.15. The van der Waals surface area contributed by atoms with Crippen LogP contribution in [0.3, 0.4) is 0 Å². The van der Waals surface area contributed by atoms with E-state index in [1.807, 2.05) is 0 Å². The summed E-state index contributed by atoms with van der Waals surface area (Å²) in [6.07, 6.45) is 0. The second-order valence-electron chi connectivity index (χ2n) is 5.22. The van der Waals surface area contributed by atoms with Crippen LogP contribution < -0.4 is 4.90 Å². The van der Waals surface area contributed by atoms with E-state index in [1.54, 1.807) is 25.1 Å². The third-order valence-corrected chi connectivity index (χ3v) is 3.43. The molecule has 0 atom stereocenters. The SMILES string of the molecule is CN(C)c1ccc(C(=O)c2ccc([N+](=O)[O-])cc2C(=O)O)c(O)c1. The van der Waals surface area contributed by atoms with Crippen LogP contribution in [0.15, 0.2) is 36.4 Å². The van der Waals surface area contributed by atoms with Gasteiger partial charge < -0.3 is 15.1 Å². The maximum Gasteiger partial charge on any atom is 0.336 e. The summed E-state index contributed by atoms with van der Waals surface area (Å²) in [5.41, 5.74) is -0.592. The van der Waals surface area contributed by atoms with Crippen LogP contribution in [0.1, 0.15) is 26.3 Å². The van der Waals surface area contributed by atoms with Crippen molar-refractivity contribution in [2.24, 2.45) is 0 Å². The number of hydrogen-bond acceptors (Lipinski definition) is 6. The number of aromatic hydroxyl groups is 1. The number of carboxylic acid groups (broad SMARTS) is 1. The Morgan fingerprint density at radius 3 is 2.17 bits per heavy atom. The topological polar surface area (TPSA) is 121 Å². The molecule has 0 aromatic heterocycles. The molecule has 24 heavy (non-hydrogen) atoms. The van der Waals surface area contributed by atoms with Gasteiger partial charge in [-0.3, -0.25) is 14.9 Å². The molecule has 0 saturated carbocycles. The summed E-state index contributed by atoms with van der Waals surface area (Å²) >= 11 is 0. The first-order chi connectivity index (χ1) is 11.2. The number of nitro benzene ring substituents is 1. The molecule has 0 radical (unpaired) electrons. The summed E-state index contributed by atoms with van der Waals surface area (Å²) in [4.78, 5) is 35.6. The molecular weight excluding hydrogens is 316 g/mol. The minimum absolute atomic E-state index is 0.0862. The lowest BCUT2D eigenvalue weighted by Crippen LogP contribution is -2.12. The van der Waals surface area contributed by atoms with Crippen molar-refractivity contribution in [1.29, 1.82) is 0 Å². The molecule has 0 heterocycles. The normalized spacial score (nSPS) is 10.2. The van der Waals surface area contributed by atoms with Gasteiger partial charge in [-0.05, 0) is 18.2 Å². The van der Waals surface area contributed by atoms with Crippen molar-refractivity contribution >= 4 is 23.1 Å². The van der Waals surface area contributed by atoms with E-state index < -0.39 is 27.9 Å². The minimum atomic E-state index is -1.47. The number of benzene rings is 2. The smallest absolute Gasteiger partial charge is 0.336 e. The van der Waals surface area contributed by atoms with Gasteiger partial charge in [0, 0.05) is 43.5 Å². The standard InChI is InChI=1S/C16H14N2O6/c1-17(2)9-3-6-12(14(19)8-9)15(20)11-5-4-10(18(23)24)7-13(11)16(21)22/h3-8,19H,1-2H3,(H,21,22). The van der Waals surface area contributed by atoms with E-state index in [2.05, 4.69) is 0 Å². The van der Waals surface area contributed by atoms with Crippen molar-refractivity contribution in [2.45, 2.75) is 0 Å². The molecule has 0 unspecified atom stereocenters. The second-order valence-corrected chi connectivity index (χ2v) is 5.22. The average Bonchev–Trinajstić information content (AvgIpc) is 2.53. The molecule has 2 rings (SSSR count). The van der Waals surface area contributed by atoms with Gasteiger partial charge in [-0.15, -0.1) is 0 Å². The van der Waals surface area contributed by atoms with E-state index in [9.17, 15) is 29.9 Å². The Bertz CT molecular complexity index is 844. The summed E-state index contributed by atoms with van der Waals surface area (Å²) < 4.78 is 0. The number of non-ortho nitro benzene ring substituents is 1. The molecule has 0 aliphatic rings. The van der Waals surface area contributed by atoms with Crippen LogP contribution in [-0.4, -0.2) is 41.0 Å². The first-order valence-corrected chi connectivity index (χ1v) is 6.79. The number of phenolic OH excluding ortho intramolecular Hbond substituents is 1. The number of rotatable bonds is 5. The third kappa shape index (κ3) is 3.17. The molecule has 8 heteroatoms. The lowest BCUT2D eigenvalue weighted by molar-refractivity contribution is -0.384. The first-order valence-electron chi connectivity index (χ1n) is 6.79. The van der Waals surface area contributed by atoms with Crippen LogP contribution in [0.4, 0.5) is 11.4 Å². The van der Waals surface area contributed by atoms with Crippen molar-refractivity contribution in [3.63, 3.8) is 0 Å². The minimum Gasteiger partial charge on any atom is -0.507 e. The monoisotopic (exact) mass is 330 g/mol. The molecule has 2 N–H and O–H groups in total. The molecule has 0 aliphatic heterocycles. The van der Waals surface area contributed by atoms with Gasteiger partial charge in [-0.1, -0.05) is 0 Å². The predicted octanol–water partition coefficient (Wildman–Crippen LogP) is 2.30. The van der Waals surface area contributed by atoms with Gasteiger partial charge in [0.2, 0.25) is 0 Å². The number of carbonyl (C=O) groups excluding carboxylic acids is 1. The van der Waals surface area contributed by atoms with Crippen molar-refractivity contribution < 1.29 is 24.7 Å². The molecular formula is C16H14N2O6. The van der Waals surface area contributed by atoms with Crippen LogP contribution in [0, 0.1) is 10.1 Å². The quantitative estimate of drug-likeness (QED) is 0.490. The van der Waals surface area contributed by atoms with Crippen molar-refractivity contribution in [1.82, 2.24) is 0 Å². The van der Waals surface area contributed by atoms with Gasteiger partial charge in [0.25, 0.3) is 5.69 Å². The fourth-order valence-electron chi connectivity index (χ4n) is 2.16.